The van der Waals surface area contributed by atoms with E-state index < -0.39 is 5.72 Å². The van der Waals surface area contributed by atoms with Crippen LogP contribution in [-0.2, 0) is 9.53 Å². The largest absolute Gasteiger partial charge is 0.445 e. The van der Waals surface area contributed by atoms with Crippen LogP contribution in [-0.4, -0.2) is 18.2 Å². The van der Waals surface area contributed by atoms with E-state index in [4.69, 9.17) is 16.2 Å². The van der Waals surface area contributed by atoms with Crippen molar-refractivity contribution in [1.29, 1.82) is 0 Å². The molecule has 0 unspecified atom stereocenters. The van der Waals surface area contributed by atoms with E-state index in [1.807, 2.05) is 0 Å². The van der Waals surface area contributed by atoms with Gasteiger partial charge in [0.25, 0.3) is 0 Å². The van der Waals surface area contributed by atoms with E-state index in [0.717, 1.165) is 0 Å². The molecule has 66 valence electrons. The van der Waals surface area contributed by atoms with Crippen molar-refractivity contribution in [3.05, 3.63) is 0 Å². The molecule has 0 heterocycles. The lowest BCUT2D eigenvalue weighted by molar-refractivity contribution is -0.155. The first-order valence-corrected chi connectivity index (χ1v) is 3.66. The molecule has 0 aromatic rings. The highest BCUT2D eigenvalue weighted by Crippen LogP contribution is 2.02. The minimum Gasteiger partial charge on any atom is -0.445 e. The van der Waals surface area contributed by atoms with Crippen molar-refractivity contribution in [2.75, 3.05) is 6.54 Å². The molecule has 0 aromatic heterocycles. The SMILES string of the molecule is CC(C)(N)OC(=O)CCCN. The fourth-order valence-corrected chi connectivity index (χ4v) is 0.591. The summed E-state index contributed by atoms with van der Waals surface area (Å²) in [5.74, 6) is -0.289. The molecule has 0 spiro atoms. The molecule has 11 heavy (non-hydrogen) atoms. The molecular formula is C7H16N2O2. The zero-order valence-electron chi connectivity index (χ0n) is 7.09. The number of ether oxygens (including phenoxy) is 1. The molecule has 0 aromatic carbocycles. The fourth-order valence-electron chi connectivity index (χ4n) is 0.591. The number of nitrogens with two attached hydrogens (primary N) is 2. The molecule has 0 bridgehead atoms. The Morgan fingerprint density at radius 3 is 2.45 bits per heavy atom. The highest BCUT2D eigenvalue weighted by Gasteiger charge is 2.15. The predicted octanol–water partition coefficient (Wildman–Crippen LogP) is -0.0367. The smallest absolute Gasteiger partial charge is 0.307 e. The van der Waals surface area contributed by atoms with Crippen LogP contribution in [0.1, 0.15) is 26.7 Å². The van der Waals surface area contributed by atoms with Crippen molar-refractivity contribution < 1.29 is 9.53 Å². The normalized spacial score (nSPS) is 11.3. The van der Waals surface area contributed by atoms with Crippen LogP contribution in [0.3, 0.4) is 0 Å². The van der Waals surface area contributed by atoms with Crippen molar-refractivity contribution in [2.45, 2.75) is 32.4 Å². The molecule has 0 fully saturated rings. The van der Waals surface area contributed by atoms with Gasteiger partial charge >= 0.3 is 5.97 Å². The summed E-state index contributed by atoms with van der Waals surface area (Å²) < 4.78 is 4.82. The molecule has 0 aliphatic heterocycles. The number of carbonyl (C=O) groups is 1. The zero-order chi connectivity index (χ0) is 8.91. The topological polar surface area (TPSA) is 78.3 Å². The third-order valence-corrected chi connectivity index (χ3v) is 0.962. The Bertz CT molecular complexity index is 129. The van der Waals surface area contributed by atoms with E-state index in [1.165, 1.54) is 0 Å². The van der Waals surface area contributed by atoms with Crippen molar-refractivity contribution >= 4 is 5.97 Å². The maximum atomic E-state index is 10.9. The quantitative estimate of drug-likeness (QED) is 0.447. The number of rotatable bonds is 4. The summed E-state index contributed by atoms with van der Waals surface area (Å²) in [6.45, 7) is 3.76. The van der Waals surface area contributed by atoms with E-state index in [1.54, 1.807) is 13.8 Å². The van der Waals surface area contributed by atoms with E-state index in [2.05, 4.69) is 0 Å². The minimum absolute atomic E-state index is 0.289. The molecule has 0 saturated carbocycles. The lowest BCUT2D eigenvalue weighted by Gasteiger charge is -2.18. The average molecular weight is 160 g/mol. The monoisotopic (exact) mass is 160 g/mol. The van der Waals surface area contributed by atoms with E-state index in [9.17, 15) is 4.79 Å². The van der Waals surface area contributed by atoms with Crippen molar-refractivity contribution in [3.8, 4) is 0 Å². The van der Waals surface area contributed by atoms with Gasteiger partial charge < -0.3 is 10.5 Å². The van der Waals surface area contributed by atoms with Gasteiger partial charge in [-0.1, -0.05) is 0 Å². The molecule has 0 saturated heterocycles. The number of hydrogen-bond donors (Lipinski definition) is 2. The molecule has 0 aliphatic rings. The summed E-state index contributed by atoms with van der Waals surface area (Å²) in [5.41, 5.74) is 9.77. The summed E-state index contributed by atoms with van der Waals surface area (Å²) in [4.78, 5) is 10.9. The lowest BCUT2D eigenvalue weighted by Crippen LogP contribution is -2.37. The Kier molecular flexibility index (Phi) is 4.07. The maximum Gasteiger partial charge on any atom is 0.307 e. The van der Waals surface area contributed by atoms with E-state index >= 15 is 0 Å². The number of hydrogen-bond acceptors (Lipinski definition) is 4. The summed E-state index contributed by atoms with van der Waals surface area (Å²) in [6, 6.07) is 0. The van der Waals surface area contributed by atoms with Crippen LogP contribution in [0, 0.1) is 0 Å². The van der Waals surface area contributed by atoms with Gasteiger partial charge in [0.2, 0.25) is 0 Å². The first kappa shape index (κ1) is 10.4. The van der Waals surface area contributed by atoms with Gasteiger partial charge in [-0.2, -0.15) is 0 Å². The second-order valence-corrected chi connectivity index (χ2v) is 2.97. The predicted molar refractivity (Wildman–Crippen MR) is 42.6 cm³/mol. The van der Waals surface area contributed by atoms with Crippen LogP contribution in [0.5, 0.6) is 0 Å². The first-order chi connectivity index (χ1) is 4.95. The van der Waals surface area contributed by atoms with Crippen LogP contribution in [0.4, 0.5) is 0 Å². The van der Waals surface area contributed by atoms with Crippen molar-refractivity contribution in [2.24, 2.45) is 11.5 Å². The molecule has 4 N–H and O–H groups in total. The Balaban J connectivity index is 3.53. The van der Waals surface area contributed by atoms with Crippen LogP contribution in [0.15, 0.2) is 0 Å². The van der Waals surface area contributed by atoms with Gasteiger partial charge in [0.1, 0.15) is 0 Å². The second-order valence-electron chi connectivity index (χ2n) is 2.97. The van der Waals surface area contributed by atoms with E-state index in [0.29, 0.717) is 19.4 Å². The Labute approximate surface area is 66.9 Å². The molecule has 4 nitrogen and oxygen atoms in total. The third-order valence-electron chi connectivity index (χ3n) is 0.962. The Hall–Kier alpha value is -0.610. The van der Waals surface area contributed by atoms with Gasteiger partial charge in [0.05, 0.1) is 0 Å². The van der Waals surface area contributed by atoms with Crippen molar-refractivity contribution in [1.82, 2.24) is 0 Å². The van der Waals surface area contributed by atoms with Crippen LogP contribution >= 0.6 is 0 Å². The van der Waals surface area contributed by atoms with Gasteiger partial charge in [-0.25, -0.2) is 0 Å². The fraction of sp³-hybridized carbons (Fsp3) is 0.857. The summed E-state index contributed by atoms with van der Waals surface area (Å²) in [6.07, 6.45) is 0.992. The molecule has 0 rings (SSSR count). The van der Waals surface area contributed by atoms with Gasteiger partial charge in [-0.3, -0.25) is 10.5 Å². The molecular weight excluding hydrogens is 144 g/mol. The second kappa shape index (κ2) is 4.31. The highest BCUT2D eigenvalue weighted by atomic mass is 16.6. The van der Waals surface area contributed by atoms with Crippen molar-refractivity contribution in [3.63, 3.8) is 0 Å². The van der Waals surface area contributed by atoms with Crippen LogP contribution in [0.25, 0.3) is 0 Å². The van der Waals surface area contributed by atoms with Gasteiger partial charge in [0.15, 0.2) is 5.72 Å². The lowest BCUT2D eigenvalue weighted by atomic mass is 10.3. The standard InChI is InChI=1S/C7H16N2O2/c1-7(2,9)11-6(10)4-3-5-8/h3-5,8-9H2,1-2H3. The molecule has 0 radical (unpaired) electrons. The van der Waals surface area contributed by atoms with Crippen LogP contribution < -0.4 is 11.5 Å². The van der Waals surface area contributed by atoms with Gasteiger partial charge in [0, 0.05) is 6.42 Å². The van der Waals surface area contributed by atoms with Crippen LogP contribution in [0.2, 0.25) is 0 Å². The number of esters is 1. The minimum atomic E-state index is -0.869. The highest BCUT2D eigenvalue weighted by molar-refractivity contribution is 5.69. The Morgan fingerprint density at radius 2 is 2.09 bits per heavy atom. The summed E-state index contributed by atoms with van der Waals surface area (Å²) in [7, 11) is 0. The first-order valence-electron chi connectivity index (χ1n) is 3.66. The molecule has 4 heteroatoms. The number of carbonyl (C=O) groups excluding carboxylic acids is 1. The third kappa shape index (κ3) is 7.29. The molecule has 0 amide bonds. The average Bonchev–Trinajstić information content (AvgIpc) is 1.79. The van der Waals surface area contributed by atoms with Gasteiger partial charge in [-0.05, 0) is 26.8 Å². The molecule has 0 aliphatic carbocycles. The summed E-state index contributed by atoms with van der Waals surface area (Å²) in [5, 5.41) is 0. The zero-order valence-corrected chi connectivity index (χ0v) is 7.09. The van der Waals surface area contributed by atoms with Gasteiger partial charge in [-0.15, -0.1) is 0 Å². The summed E-state index contributed by atoms with van der Waals surface area (Å²) >= 11 is 0. The maximum absolute atomic E-state index is 10.9. The van der Waals surface area contributed by atoms with E-state index in [-0.39, 0.29) is 5.97 Å². The molecule has 0 atom stereocenters. The Morgan fingerprint density at radius 1 is 1.55 bits per heavy atom.